The maximum Gasteiger partial charge on any atom is 0.261 e. The van der Waals surface area contributed by atoms with Crippen molar-refractivity contribution < 1.29 is 18.8 Å². The Hall–Kier alpha value is -2.13. The second-order valence-electron chi connectivity index (χ2n) is 7.61. The van der Waals surface area contributed by atoms with E-state index in [4.69, 9.17) is 0 Å². The largest absolute Gasteiger partial charge is 0.303 e. The predicted molar refractivity (Wildman–Crippen MR) is 114 cm³/mol. The van der Waals surface area contributed by atoms with Crippen LogP contribution in [0.3, 0.4) is 0 Å². The van der Waals surface area contributed by atoms with Crippen LogP contribution in [-0.2, 0) is 0 Å². The zero-order chi connectivity index (χ0) is 20.8. The minimum Gasteiger partial charge on any atom is -0.303 e. The summed E-state index contributed by atoms with van der Waals surface area (Å²) in [5.41, 5.74) is -0.549. The van der Waals surface area contributed by atoms with Gasteiger partial charge < -0.3 is 5.32 Å². The van der Waals surface area contributed by atoms with Crippen LogP contribution < -0.4 is 5.32 Å². The van der Waals surface area contributed by atoms with E-state index in [1.807, 2.05) is 29.5 Å². The van der Waals surface area contributed by atoms with Gasteiger partial charge in [-0.2, -0.15) is 0 Å². The van der Waals surface area contributed by atoms with Gasteiger partial charge >= 0.3 is 0 Å². The summed E-state index contributed by atoms with van der Waals surface area (Å²) in [5.74, 6) is -2.02. The van der Waals surface area contributed by atoms with Crippen molar-refractivity contribution in [3.05, 3.63) is 68.5 Å². The van der Waals surface area contributed by atoms with Crippen molar-refractivity contribution in [1.82, 2.24) is 10.2 Å². The normalized spacial score (nSPS) is 24.0. The van der Waals surface area contributed by atoms with E-state index in [1.165, 1.54) is 6.07 Å². The number of nitrogens with one attached hydrogen (secondary N) is 1. The van der Waals surface area contributed by atoms with Crippen molar-refractivity contribution in [2.45, 2.75) is 25.3 Å². The van der Waals surface area contributed by atoms with Gasteiger partial charge in [-0.3, -0.25) is 19.3 Å². The number of benzene rings is 2. The first-order valence-electron chi connectivity index (χ1n) is 9.56. The fourth-order valence-electron chi connectivity index (χ4n) is 4.30. The molecule has 5 nitrogen and oxygen atoms in total. The second kappa shape index (κ2) is 7.60. The maximum absolute atomic E-state index is 14.6. The molecule has 1 N–H and O–H groups in total. The quantitative estimate of drug-likeness (QED) is 0.391. The average molecular weight is 506 g/mol. The molecule has 2 atom stereocenters. The summed E-state index contributed by atoms with van der Waals surface area (Å²) in [7, 11) is 0. The summed E-state index contributed by atoms with van der Waals surface area (Å²) in [6, 6.07) is 11.1. The number of halogens is 2. The van der Waals surface area contributed by atoms with Gasteiger partial charge in [0.25, 0.3) is 11.8 Å². The molecule has 1 saturated heterocycles. The van der Waals surface area contributed by atoms with Crippen molar-refractivity contribution >= 4 is 40.2 Å². The number of nitrogens with zero attached hydrogens (tertiary/aromatic N) is 1. The molecule has 0 unspecified atom stereocenters. The molecule has 0 saturated carbocycles. The van der Waals surface area contributed by atoms with Gasteiger partial charge in [0.15, 0.2) is 5.78 Å². The van der Waals surface area contributed by atoms with Gasteiger partial charge in [-0.15, -0.1) is 0 Å². The number of imide groups is 1. The van der Waals surface area contributed by atoms with Crippen LogP contribution in [0.1, 0.15) is 50.8 Å². The van der Waals surface area contributed by atoms with Crippen molar-refractivity contribution in [2.24, 2.45) is 5.92 Å². The first kappa shape index (κ1) is 20.2. The Morgan fingerprint density at radius 1 is 1.17 bits per heavy atom. The average Bonchev–Trinajstić information content (AvgIpc) is 2.94. The van der Waals surface area contributed by atoms with Crippen molar-refractivity contribution in [1.29, 1.82) is 0 Å². The lowest BCUT2D eigenvalue weighted by Crippen LogP contribution is -2.65. The van der Waals surface area contributed by atoms with E-state index >= 15 is 0 Å². The number of carbonyl (C=O) groups is 3. The number of rotatable bonds is 4. The van der Waals surface area contributed by atoms with E-state index in [2.05, 4.69) is 5.32 Å². The van der Waals surface area contributed by atoms with Crippen molar-refractivity contribution in [2.75, 3.05) is 13.1 Å². The fourth-order valence-corrected chi connectivity index (χ4v) is 5.01. The molecule has 7 heteroatoms. The maximum atomic E-state index is 14.6. The Morgan fingerprint density at radius 2 is 1.83 bits per heavy atom. The smallest absolute Gasteiger partial charge is 0.261 e. The fraction of sp³-hybridized carbons (Fsp3) is 0.318. The monoisotopic (exact) mass is 506 g/mol. The molecule has 29 heavy (non-hydrogen) atoms. The number of piperidine rings is 1. The highest BCUT2D eigenvalue weighted by Crippen LogP contribution is 2.35. The molecule has 2 aliphatic heterocycles. The lowest BCUT2D eigenvalue weighted by atomic mass is 9.73. The van der Waals surface area contributed by atoms with Gasteiger partial charge in [-0.1, -0.05) is 25.1 Å². The summed E-state index contributed by atoms with van der Waals surface area (Å²) < 4.78 is 15.1. The number of carbonyl (C=O) groups excluding carboxylic acids is 3. The lowest BCUT2D eigenvalue weighted by molar-refractivity contribution is 0.0483. The van der Waals surface area contributed by atoms with Gasteiger partial charge in [0.1, 0.15) is 11.4 Å². The third-order valence-electron chi connectivity index (χ3n) is 5.98. The minimum atomic E-state index is -1.23. The number of hydrogen-bond acceptors (Lipinski definition) is 4. The zero-order valence-electron chi connectivity index (χ0n) is 15.9. The topological polar surface area (TPSA) is 66.5 Å². The van der Waals surface area contributed by atoms with Gasteiger partial charge in [0, 0.05) is 3.57 Å². The minimum absolute atomic E-state index is 0.00552. The molecule has 2 aromatic rings. The molecule has 0 radical (unpaired) electrons. The van der Waals surface area contributed by atoms with E-state index in [0.29, 0.717) is 21.2 Å². The van der Waals surface area contributed by atoms with Gasteiger partial charge in [0.2, 0.25) is 0 Å². The van der Waals surface area contributed by atoms with E-state index in [9.17, 15) is 18.8 Å². The molecule has 2 aliphatic rings. The van der Waals surface area contributed by atoms with E-state index in [1.54, 1.807) is 36.4 Å². The Morgan fingerprint density at radius 3 is 2.41 bits per heavy atom. The van der Waals surface area contributed by atoms with Crippen molar-refractivity contribution in [3.63, 3.8) is 0 Å². The third kappa shape index (κ3) is 3.20. The summed E-state index contributed by atoms with van der Waals surface area (Å²) in [5, 5.41) is 3.26. The number of Topliss-reactive ketones (excluding diaryl/α,β-unsaturated/α-hetero) is 1. The first-order chi connectivity index (χ1) is 13.9. The Kier molecular flexibility index (Phi) is 5.29. The summed E-state index contributed by atoms with van der Waals surface area (Å²) in [6.07, 6.45) is 1.61. The Balaban J connectivity index is 1.77. The Labute approximate surface area is 181 Å². The van der Waals surface area contributed by atoms with Crippen LogP contribution in [0.5, 0.6) is 0 Å². The van der Waals surface area contributed by atoms with Gasteiger partial charge in [-0.05, 0) is 72.2 Å². The highest BCUT2D eigenvalue weighted by Gasteiger charge is 2.50. The molecule has 0 bridgehead atoms. The lowest BCUT2D eigenvalue weighted by Gasteiger charge is -2.44. The molecular weight excluding hydrogens is 486 g/mol. The zero-order valence-corrected chi connectivity index (χ0v) is 18.0. The van der Waals surface area contributed by atoms with Gasteiger partial charge in [-0.25, -0.2) is 4.39 Å². The van der Waals surface area contributed by atoms with Crippen LogP contribution in [0, 0.1) is 15.3 Å². The van der Waals surface area contributed by atoms with Crippen LogP contribution in [0.25, 0.3) is 0 Å². The van der Waals surface area contributed by atoms with Crippen molar-refractivity contribution in [3.8, 4) is 0 Å². The number of ketones is 1. The molecule has 2 aromatic carbocycles. The standard InChI is InChI=1S/C22H20FIN2O3/c1-13-6-5-11-25-22(13,19(27)18-16(23)9-4-10-17(18)24)12-26-20(28)14-7-2-3-8-15(14)21(26)29/h2-4,7-10,13,25H,5-6,11-12H2,1H3/t13-,22-/m1/s1. The molecule has 150 valence electrons. The highest BCUT2D eigenvalue weighted by molar-refractivity contribution is 14.1. The first-order valence-corrected chi connectivity index (χ1v) is 10.6. The summed E-state index contributed by atoms with van der Waals surface area (Å²) >= 11 is 1.95. The Bertz CT molecular complexity index is 970. The molecule has 4 rings (SSSR count). The number of amides is 2. The van der Waals surface area contributed by atoms with Crippen LogP contribution in [0.2, 0.25) is 0 Å². The van der Waals surface area contributed by atoms with Crippen LogP contribution >= 0.6 is 22.6 Å². The van der Waals surface area contributed by atoms with Crippen LogP contribution in [0.4, 0.5) is 4.39 Å². The number of hydrogen-bond donors (Lipinski definition) is 1. The molecule has 0 aliphatic carbocycles. The molecule has 0 aromatic heterocycles. The molecular formula is C22H20FIN2O3. The molecule has 1 fully saturated rings. The molecule has 0 spiro atoms. The highest BCUT2D eigenvalue weighted by atomic mass is 127. The summed E-state index contributed by atoms with van der Waals surface area (Å²) in [4.78, 5) is 40.6. The van der Waals surface area contributed by atoms with E-state index in [0.717, 1.165) is 17.7 Å². The number of fused-ring (bicyclic) bond motifs is 1. The molecule has 2 heterocycles. The third-order valence-corrected chi connectivity index (χ3v) is 6.88. The second-order valence-corrected chi connectivity index (χ2v) is 8.77. The van der Waals surface area contributed by atoms with E-state index < -0.39 is 29.0 Å². The summed E-state index contributed by atoms with van der Waals surface area (Å²) in [6.45, 7) is 2.35. The van der Waals surface area contributed by atoms with Crippen LogP contribution in [-0.4, -0.2) is 41.1 Å². The molecule has 2 amide bonds. The van der Waals surface area contributed by atoms with E-state index in [-0.39, 0.29) is 18.0 Å². The SMILES string of the molecule is C[C@@H]1CCCN[C@@]1(CN1C(=O)c2ccccc2C1=O)C(=O)c1c(F)cccc1I. The van der Waals surface area contributed by atoms with Gasteiger partial charge in [0.05, 0.1) is 23.2 Å². The van der Waals surface area contributed by atoms with Crippen LogP contribution in [0.15, 0.2) is 42.5 Å². The predicted octanol–water partition coefficient (Wildman–Crippen LogP) is 3.67.